The van der Waals surface area contributed by atoms with Gasteiger partial charge in [0.1, 0.15) is 5.01 Å². The molecule has 13 heteroatoms. The van der Waals surface area contributed by atoms with Gasteiger partial charge in [0.05, 0.1) is 16.0 Å². The molecule has 0 aliphatic carbocycles. The SMILES string of the molecule is CCN1CCc2nc3ccccc3c(C(=O)OCC(=O)Nc3ccc(S(=O)(=O)Nc4nnc(C)s4)cc3)c2C1. The Labute approximate surface area is 229 Å². The second-order valence-corrected chi connectivity index (χ2v) is 11.8. The molecule has 3 heterocycles. The molecule has 0 fully saturated rings. The molecule has 0 bridgehead atoms. The fraction of sp³-hybridized carbons (Fsp3) is 0.269. The number of esters is 1. The maximum atomic E-state index is 13.3. The van der Waals surface area contributed by atoms with Gasteiger partial charge < -0.3 is 10.1 Å². The zero-order valence-corrected chi connectivity index (χ0v) is 22.9. The minimum Gasteiger partial charge on any atom is -0.452 e. The second-order valence-electron chi connectivity index (χ2n) is 8.93. The van der Waals surface area contributed by atoms with E-state index in [9.17, 15) is 18.0 Å². The number of para-hydroxylation sites is 1. The van der Waals surface area contributed by atoms with Gasteiger partial charge >= 0.3 is 5.97 Å². The minimum atomic E-state index is -3.86. The van der Waals surface area contributed by atoms with Crippen molar-refractivity contribution in [1.29, 1.82) is 0 Å². The average molecular weight is 567 g/mol. The summed E-state index contributed by atoms with van der Waals surface area (Å²) >= 11 is 1.12. The number of carbonyl (C=O) groups excluding carboxylic acids is 2. The van der Waals surface area contributed by atoms with Crippen molar-refractivity contribution >= 4 is 55.0 Å². The normalized spacial score (nSPS) is 13.6. The predicted octanol–water partition coefficient (Wildman–Crippen LogP) is 3.37. The lowest BCUT2D eigenvalue weighted by atomic mass is 9.96. The molecular formula is C26H26N6O5S2. The summed E-state index contributed by atoms with van der Waals surface area (Å²) < 4.78 is 32.9. The monoisotopic (exact) mass is 566 g/mol. The molecule has 4 aromatic rings. The van der Waals surface area contributed by atoms with E-state index in [1.54, 1.807) is 6.92 Å². The average Bonchev–Trinajstić information content (AvgIpc) is 3.33. The number of carbonyl (C=O) groups is 2. The summed E-state index contributed by atoms with van der Waals surface area (Å²) in [5, 5.41) is 11.7. The topological polar surface area (TPSA) is 143 Å². The number of aryl methyl sites for hydroxylation is 1. The molecule has 1 amide bonds. The van der Waals surface area contributed by atoms with Gasteiger partial charge in [-0.05, 0) is 43.8 Å². The van der Waals surface area contributed by atoms with Crippen LogP contribution in [0, 0.1) is 6.92 Å². The van der Waals surface area contributed by atoms with Gasteiger partial charge in [0, 0.05) is 41.8 Å². The third-order valence-corrected chi connectivity index (χ3v) is 8.55. The van der Waals surface area contributed by atoms with Crippen molar-refractivity contribution in [2.45, 2.75) is 31.7 Å². The Kier molecular flexibility index (Phi) is 7.55. The van der Waals surface area contributed by atoms with Gasteiger partial charge in [0.25, 0.3) is 15.9 Å². The number of rotatable bonds is 8. The molecule has 0 unspecified atom stereocenters. The molecule has 2 aromatic carbocycles. The van der Waals surface area contributed by atoms with E-state index in [0.717, 1.165) is 42.1 Å². The lowest BCUT2D eigenvalue weighted by Gasteiger charge is -2.28. The standard InChI is InChI=1S/C26H26N6O5S2/c1-3-32-13-12-22-20(14-32)24(19-6-4-5-7-21(19)28-22)25(34)37-15-23(33)27-17-8-10-18(11-9-17)39(35,36)31-26-30-29-16(2)38-26/h4-11H,3,12-15H2,1-2H3,(H,27,33)(H,30,31). The lowest BCUT2D eigenvalue weighted by Crippen LogP contribution is -2.32. The Morgan fingerprint density at radius 1 is 1.10 bits per heavy atom. The van der Waals surface area contributed by atoms with Crippen molar-refractivity contribution in [2.24, 2.45) is 0 Å². The highest BCUT2D eigenvalue weighted by molar-refractivity contribution is 7.93. The van der Waals surface area contributed by atoms with Crippen LogP contribution in [0.1, 0.15) is 33.5 Å². The number of sulfonamides is 1. The molecule has 0 saturated heterocycles. The number of nitrogens with zero attached hydrogens (tertiary/aromatic N) is 4. The molecule has 202 valence electrons. The molecule has 0 spiro atoms. The van der Waals surface area contributed by atoms with Gasteiger partial charge in [0.2, 0.25) is 5.13 Å². The summed E-state index contributed by atoms with van der Waals surface area (Å²) in [6.45, 7) is 5.59. The largest absolute Gasteiger partial charge is 0.452 e. The van der Waals surface area contributed by atoms with E-state index in [1.165, 1.54) is 24.3 Å². The minimum absolute atomic E-state index is 0.00441. The lowest BCUT2D eigenvalue weighted by molar-refractivity contribution is -0.119. The molecule has 1 aliphatic rings. The summed E-state index contributed by atoms with van der Waals surface area (Å²) in [4.78, 5) is 32.8. The van der Waals surface area contributed by atoms with Crippen LogP contribution < -0.4 is 10.0 Å². The number of hydrogen-bond acceptors (Lipinski definition) is 10. The summed E-state index contributed by atoms with van der Waals surface area (Å²) in [6, 6.07) is 13.0. The number of aromatic nitrogens is 3. The van der Waals surface area contributed by atoms with Crippen LogP contribution in [0.15, 0.2) is 53.4 Å². The Hall–Kier alpha value is -3.94. The molecule has 39 heavy (non-hydrogen) atoms. The van der Waals surface area contributed by atoms with E-state index >= 15 is 0 Å². The first kappa shape index (κ1) is 26.7. The van der Waals surface area contributed by atoms with E-state index in [2.05, 4.69) is 32.1 Å². The summed E-state index contributed by atoms with van der Waals surface area (Å²) in [5.74, 6) is -1.14. The fourth-order valence-electron chi connectivity index (χ4n) is 4.38. The molecule has 5 rings (SSSR count). The molecular weight excluding hydrogens is 540 g/mol. The van der Waals surface area contributed by atoms with E-state index in [1.807, 2.05) is 24.3 Å². The Morgan fingerprint density at radius 3 is 2.59 bits per heavy atom. The van der Waals surface area contributed by atoms with Crippen LogP contribution >= 0.6 is 11.3 Å². The number of pyridine rings is 1. The highest BCUT2D eigenvalue weighted by atomic mass is 32.2. The second kappa shape index (κ2) is 11.0. The summed E-state index contributed by atoms with van der Waals surface area (Å²) in [5.41, 5.74) is 3.21. The van der Waals surface area contributed by atoms with Gasteiger partial charge in [-0.1, -0.05) is 36.5 Å². The van der Waals surface area contributed by atoms with Crippen molar-refractivity contribution in [1.82, 2.24) is 20.1 Å². The number of ether oxygens (including phenoxy) is 1. The zero-order valence-electron chi connectivity index (χ0n) is 21.3. The number of likely N-dealkylation sites (N-methyl/N-ethyl adjacent to an activating group) is 1. The maximum absolute atomic E-state index is 13.3. The number of fused-ring (bicyclic) bond motifs is 2. The van der Waals surface area contributed by atoms with Crippen molar-refractivity contribution in [2.75, 3.05) is 29.7 Å². The quantitative estimate of drug-likeness (QED) is 0.307. The Balaban J connectivity index is 1.26. The molecule has 2 aromatic heterocycles. The van der Waals surface area contributed by atoms with Gasteiger partial charge in [-0.3, -0.25) is 19.4 Å². The van der Waals surface area contributed by atoms with Gasteiger partial charge in [-0.2, -0.15) is 0 Å². The first-order valence-corrected chi connectivity index (χ1v) is 14.6. The number of amides is 1. The van der Waals surface area contributed by atoms with E-state index in [4.69, 9.17) is 9.72 Å². The van der Waals surface area contributed by atoms with Crippen molar-refractivity contribution < 1.29 is 22.7 Å². The fourth-order valence-corrected chi connectivity index (χ4v) is 6.20. The van der Waals surface area contributed by atoms with Gasteiger partial charge in [-0.25, -0.2) is 13.2 Å². The van der Waals surface area contributed by atoms with Crippen LogP contribution in [0.3, 0.4) is 0 Å². The number of hydrogen-bond donors (Lipinski definition) is 2. The van der Waals surface area contributed by atoms with Gasteiger partial charge in [0.15, 0.2) is 6.61 Å². The van der Waals surface area contributed by atoms with Crippen molar-refractivity contribution in [3.05, 3.63) is 70.4 Å². The summed E-state index contributed by atoms with van der Waals surface area (Å²) in [6.07, 6.45) is 0.733. The van der Waals surface area contributed by atoms with Crippen molar-refractivity contribution in [3.8, 4) is 0 Å². The van der Waals surface area contributed by atoms with Crippen LogP contribution in [-0.4, -0.2) is 60.1 Å². The smallest absolute Gasteiger partial charge is 0.339 e. The van der Waals surface area contributed by atoms with Gasteiger partial charge in [-0.15, -0.1) is 10.2 Å². The van der Waals surface area contributed by atoms with Crippen LogP contribution in [0.5, 0.6) is 0 Å². The Morgan fingerprint density at radius 2 is 1.87 bits per heavy atom. The van der Waals surface area contributed by atoms with E-state index in [0.29, 0.717) is 33.7 Å². The number of anilines is 2. The molecule has 0 radical (unpaired) electrons. The molecule has 0 saturated carbocycles. The molecule has 1 aliphatic heterocycles. The first-order valence-electron chi connectivity index (χ1n) is 12.3. The highest BCUT2D eigenvalue weighted by Crippen LogP contribution is 2.29. The van der Waals surface area contributed by atoms with Crippen LogP contribution in [-0.2, 0) is 32.5 Å². The molecule has 0 atom stereocenters. The third kappa shape index (κ3) is 5.90. The predicted molar refractivity (Wildman–Crippen MR) is 147 cm³/mol. The van der Waals surface area contributed by atoms with Crippen LogP contribution in [0.2, 0.25) is 0 Å². The highest BCUT2D eigenvalue weighted by Gasteiger charge is 2.26. The maximum Gasteiger partial charge on any atom is 0.339 e. The summed E-state index contributed by atoms with van der Waals surface area (Å²) in [7, 11) is -3.86. The zero-order chi connectivity index (χ0) is 27.6. The van der Waals surface area contributed by atoms with E-state index < -0.39 is 28.5 Å². The first-order chi connectivity index (χ1) is 18.7. The van der Waals surface area contributed by atoms with Crippen LogP contribution in [0.25, 0.3) is 10.9 Å². The number of nitrogens with one attached hydrogen (secondary N) is 2. The third-order valence-electron chi connectivity index (χ3n) is 6.31. The molecule has 2 N–H and O–H groups in total. The Bertz CT molecular complexity index is 1650. The number of benzene rings is 2. The van der Waals surface area contributed by atoms with Crippen molar-refractivity contribution in [3.63, 3.8) is 0 Å². The van der Waals surface area contributed by atoms with Crippen LogP contribution in [0.4, 0.5) is 10.8 Å². The molecule has 11 nitrogen and oxygen atoms in total. The van der Waals surface area contributed by atoms with E-state index in [-0.39, 0.29) is 10.0 Å².